The van der Waals surface area contributed by atoms with Crippen LogP contribution in [0.25, 0.3) is 0 Å². The maximum Gasteiger partial charge on any atom is 0.226 e. The highest BCUT2D eigenvalue weighted by molar-refractivity contribution is 5.91. The van der Waals surface area contributed by atoms with E-state index in [9.17, 15) is 9.59 Å². The molecule has 0 saturated heterocycles. The van der Waals surface area contributed by atoms with Gasteiger partial charge in [0.05, 0.1) is 0 Å². The number of amides is 2. The third-order valence-electron chi connectivity index (χ3n) is 3.76. The van der Waals surface area contributed by atoms with Crippen LogP contribution in [0.4, 0.5) is 5.69 Å². The number of anilines is 1. The molecule has 1 rings (SSSR count). The van der Waals surface area contributed by atoms with Crippen LogP contribution in [0.3, 0.4) is 0 Å². The number of carbonyl (C=O) groups is 2. The summed E-state index contributed by atoms with van der Waals surface area (Å²) in [5.74, 6) is 0.000466. The summed E-state index contributed by atoms with van der Waals surface area (Å²) < 4.78 is 0. The SMILES string of the molecule is CCCCCN(CCC(=O)Nc1ccccc1CC)C(C)=O. The van der Waals surface area contributed by atoms with Gasteiger partial charge in [0, 0.05) is 32.1 Å². The van der Waals surface area contributed by atoms with E-state index in [1.807, 2.05) is 24.3 Å². The van der Waals surface area contributed by atoms with Gasteiger partial charge in [-0.15, -0.1) is 0 Å². The van der Waals surface area contributed by atoms with Crippen molar-refractivity contribution in [2.45, 2.75) is 52.9 Å². The number of rotatable bonds is 9. The molecular weight excluding hydrogens is 276 g/mol. The van der Waals surface area contributed by atoms with Crippen LogP contribution in [-0.4, -0.2) is 29.8 Å². The van der Waals surface area contributed by atoms with Gasteiger partial charge in [0.15, 0.2) is 0 Å². The molecule has 1 N–H and O–H groups in total. The van der Waals surface area contributed by atoms with Crippen molar-refractivity contribution >= 4 is 17.5 Å². The normalized spacial score (nSPS) is 10.3. The smallest absolute Gasteiger partial charge is 0.226 e. The largest absolute Gasteiger partial charge is 0.342 e. The number of benzene rings is 1. The molecule has 0 aromatic heterocycles. The standard InChI is InChI=1S/C18H28N2O2/c1-4-6-9-13-20(15(3)21)14-12-18(22)19-17-11-8-7-10-16(17)5-2/h7-8,10-11H,4-6,9,12-14H2,1-3H3,(H,19,22). The Kier molecular flexibility index (Phi) is 8.26. The summed E-state index contributed by atoms with van der Waals surface area (Å²) >= 11 is 0. The minimum absolute atomic E-state index is 0.0392. The number of nitrogens with zero attached hydrogens (tertiary/aromatic N) is 1. The maximum absolute atomic E-state index is 12.1. The van der Waals surface area contributed by atoms with E-state index in [4.69, 9.17) is 0 Å². The van der Waals surface area contributed by atoms with Crippen LogP contribution in [0.2, 0.25) is 0 Å². The van der Waals surface area contributed by atoms with E-state index in [1.54, 1.807) is 11.8 Å². The zero-order valence-electron chi connectivity index (χ0n) is 14.0. The fourth-order valence-electron chi connectivity index (χ4n) is 2.38. The number of para-hydroxylation sites is 1. The Bertz CT molecular complexity index is 486. The van der Waals surface area contributed by atoms with Gasteiger partial charge in [-0.1, -0.05) is 44.9 Å². The Balaban J connectivity index is 2.48. The Labute approximate surface area is 133 Å². The summed E-state index contributed by atoms with van der Waals surface area (Å²) in [5, 5.41) is 2.95. The Hall–Kier alpha value is -1.84. The van der Waals surface area contributed by atoms with E-state index in [0.29, 0.717) is 13.0 Å². The molecule has 0 spiro atoms. The van der Waals surface area contributed by atoms with Crippen molar-refractivity contribution < 1.29 is 9.59 Å². The molecule has 0 radical (unpaired) electrons. The van der Waals surface area contributed by atoms with Gasteiger partial charge in [-0.3, -0.25) is 9.59 Å². The van der Waals surface area contributed by atoms with E-state index in [2.05, 4.69) is 19.2 Å². The summed E-state index contributed by atoms with van der Waals surface area (Å²) in [6.45, 7) is 6.99. The monoisotopic (exact) mass is 304 g/mol. The lowest BCUT2D eigenvalue weighted by Gasteiger charge is -2.20. The summed E-state index contributed by atoms with van der Waals surface area (Å²) in [6.07, 6.45) is 4.45. The average Bonchev–Trinajstić information content (AvgIpc) is 2.50. The number of hydrogen-bond acceptors (Lipinski definition) is 2. The van der Waals surface area contributed by atoms with Crippen molar-refractivity contribution in [3.05, 3.63) is 29.8 Å². The molecule has 0 aliphatic rings. The molecule has 1 aromatic rings. The molecule has 22 heavy (non-hydrogen) atoms. The molecule has 122 valence electrons. The second-order valence-electron chi connectivity index (χ2n) is 5.52. The Morgan fingerprint density at radius 3 is 2.45 bits per heavy atom. The highest BCUT2D eigenvalue weighted by atomic mass is 16.2. The molecule has 0 aliphatic carbocycles. The number of hydrogen-bond donors (Lipinski definition) is 1. The molecule has 4 nitrogen and oxygen atoms in total. The van der Waals surface area contributed by atoms with Gasteiger partial charge in [0.2, 0.25) is 11.8 Å². The molecule has 0 unspecified atom stereocenters. The highest BCUT2D eigenvalue weighted by Crippen LogP contribution is 2.15. The number of carbonyl (C=O) groups excluding carboxylic acids is 2. The first-order valence-electron chi connectivity index (χ1n) is 8.21. The molecule has 0 bridgehead atoms. The quantitative estimate of drug-likeness (QED) is 0.708. The zero-order valence-corrected chi connectivity index (χ0v) is 14.0. The molecular formula is C18H28N2O2. The van der Waals surface area contributed by atoms with Gasteiger partial charge in [-0.2, -0.15) is 0 Å². The fraction of sp³-hybridized carbons (Fsp3) is 0.556. The van der Waals surface area contributed by atoms with Gasteiger partial charge >= 0.3 is 0 Å². The van der Waals surface area contributed by atoms with Crippen molar-refractivity contribution in [2.75, 3.05) is 18.4 Å². The van der Waals surface area contributed by atoms with Crippen LogP contribution < -0.4 is 5.32 Å². The summed E-state index contributed by atoms with van der Waals surface area (Å²) in [7, 11) is 0. The number of aryl methyl sites for hydroxylation is 1. The lowest BCUT2D eigenvalue weighted by molar-refractivity contribution is -0.129. The van der Waals surface area contributed by atoms with Crippen LogP contribution in [0.5, 0.6) is 0 Å². The topological polar surface area (TPSA) is 49.4 Å². The van der Waals surface area contributed by atoms with Crippen LogP contribution in [0.1, 0.15) is 52.0 Å². The molecule has 4 heteroatoms. The minimum atomic E-state index is -0.0392. The van der Waals surface area contributed by atoms with Gasteiger partial charge in [0.25, 0.3) is 0 Å². The third kappa shape index (κ3) is 6.29. The van der Waals surface area contributed by atoms with E-state index < -0.39 is 0 Å². The van der Waals surface area contributed by atoms with E-state index >= 15 is 0 Å². The third-order valence-corrected chi connectivity index (χ3v) is 3.76. The highest BCUT2D eigenvalue weighted by Gasteiger charge is 2.11. The van der Waals surface area contributed by atoms with Crippen LogP contribution in [0.15, 0.2) is 24.3 Å². The summed E-state index contributed by atoms with van der Waals surface area (Å²) in [5.41, 5.74) is 2.00. The number of nitrogens with one attached hydrogen (secondary N) is 1. The number of unbranched alkanes of at least 4 members (excludes halogenated alkanes) is 2. The predicted molar refractivity (Wildman–Crippen MR) is 90.8 cm³/mol. The fourth-order valence-corrected chi connectivity index (χ4v) is 2.38. The van der Waals surface area contributed by atoms with Gasteiger partial charge in [-0.05, 0) is 24.5 Å². The first-order chi connectivity index (χ1) is 10.6. The molecule has 0 atom stereocenters. The van der Waals surface area contributed by atoms with Gasteiger partial charge in [0.1, 0.15) is 0 Å². The molecule has 0 saturated carbocycles. The van der Waals surface area contributed by atoms with E-state index in [-0.39, 0.29) is 11.8 Å². The molecule has 0 heterocycles. The van der Waals surface area contributed by atoms with Crippen molar-refractivity contribution in [3.8, 4) is 0 Å². The van der Waals surface area contributed by atoms with Crippen LogP contribution in [0, 0.1) is 0 Å². The molecule has 1 aromatic carbocycles. The second-order valence-corrected chi connectivity index (χ2v) is 5.52. The van der Waals surface area contributed by atoms with Gasteiger partial charge < -0.3 is 10.2 Å². The zero-order chi connectivity index (χ0) is 16.4. The molecule has 0 fully saturated rings. The first kappa shape index (κ1) is 18.2. The van der Waals surface area contributed by atoms with Crippen molar-refractivity contribution in [3.63, 3.8) is 0 Å². The first-order valence-corrected chi connectivity index (χ1v) is 8.21. The van der Waals surface area contributed by atoms with Crippen molar-refractivity contribution in [1.29, 1.82) is 0 Å². The second kappa shape index (κ2) is 9.98. The van der Waals surface area contributed by atoms with Crippen LogP contribution in [-0.2, 0) is 16.0 Å². The lowest BCUT2D eigenvalue weighted by atomic mass is 10.1. The Morgan fingerprint density at radius 1 is 1.09 bits per heavy atom. The van der Waals surface area contributed by atoms with E-state index in [1.165, 1.54) is 0 Å². The Morgan fingerprint density at radius 2 is 1.82 bits per heavy atom. The van der Waals surface area contributed by atoms with E-state index in [0.717, 1.165) is 43.5 Å². The molecule has 0 aliphatic heterocycles. The predicted octanol–water partition coefficient (Wildman–Crippen LogP) is 3.62. The minimum Gasteiger partial charge on any atom is -0.342 e. The average molecular weight is 304 g/mol. The van der Waals surface area contributed by atoms with Gasteiger partial charge in [-0.25, -0.2) is 0 Å². The lowest BCUT2D eigenvalue weighted by Crippen LogP contribution is -2.33. The summed E-state index contributed by atoms with van der Waals surface area (Å²) in [6, 6.07) is 7.82. The van der Waals surface area contributed by atoms with Crippen molar-refractivity contribution in [1.82, 2.24) is 4.90 Å². The maximum atomic E-state index is 12.1. The summed E-state index contributed by atoms with van der Waals surface area (Å²) in [4.78, 5) is 25.5. The molecule has 2 amide bonds. The van der Waals surface area contributed by atoms with Crippen LogP contribution >= 0.6 is 0 Å². The van der Waals surface area contributed by atoms with Crippen molar-refractivity contribution in [2.24, 2.45) is 0 Å².